The van der Waals surface area contributed by atoms with Crippen LogP contribution >= 0.6 is 0 Å². The van der Waals surface area contributed by atoms with E-state index in [0.717, 1.165) is 5.56 Å². The van der Waals surface area contributed by atoms with Gasteiger partial charge in [-0.05, 0) is 37.6 Å². The Hall–Kier alpha value is -2.54. The molecule has 25 heavy (non-hydrogen) atoms. The zero-order valence-corrected chi connectivity index (χ0v) is 15.1. The van der Waals surface area contributed by atoms with Crippen LogP contribution in [0.25, 0.3) is 0 Å². The molecule has 0 saturated heterocycles. The topological polar surface area (TPSA) is 86.7 Å². The molecular weight excluding hydrogens is 340 g/mol. The summed E-state index contributed by atoms with van der Waals surface area (Å²) in [4.78, 5) is 13.6. The van der Waals surface area contributed by atoms with E-state index in [1.807, 2.05) is 42.2 Å². The minimum atomic E-state index is -3.46. The van der Waals surface area contributed by atoms with Crippen LogP contribution in [0.4, 0.5) is 11.4 Å². The van der Waals surface area contributed by atoms with E-state index in [1.165, 1.54) is 13.0 Å². The molecular formula is C18H22N2O4S. The molecule has 0 saturated carbocycles. The number of benzene rings is 2. The van der Waals surface area contributed by atoms with Gasteiger partial charge in [-0.15, -0.1) is 0 Å². The van der Waals surface area contributed by atoms with Crippen LogP contribution in [0, 0.1) is 0 Å². The number of carbonyl (C=O) groups is 1. The lowest BCUT2D eigenvalue weighted by Gasteiger charge is -2.25. The van der Waals surface area contributed by atoms with Gasteiger partial charge < -0.3 is 10.0 Å². The maximum Gasteiger partial charge on any atom is 0.337 e. The van der Waals surface area contributed by atoms with E-state index >= 15 is 0 Å². The van der Waals surface area contributed by atoms with Gasteiger partial charge in [-0.25, -0.2) is 13.2 Å². The monoisotopic (exact) mass is 362 g/mol. The molecule has 2 rings (SSSR count). The zero-order valence-electron chi connectivity index (χ0n) is 14.3. The molecule has 2 aromatic rings. The molecule has 2 aromatic carbocycles. The number of aromatic carboxylic acids is 1. The summed E-state index contributed by atoms with van der Waals surface area (Å²) < 4.78 is 25.8. The number of carboxylic acids is 1. The lowest BCUT2D eigenvalue weighted by molar-refractivity contribution is 0.0697. The molecule has 0 radical (unpaired) electrons. The molecule has 0 aromatic heterocycles. The maximum absolute atomic E-state index is 11.7. The number of sulfonamides is 1. The number of nitrogens with zero attached hydrogens (tertiary/aromatic N) is 1. The fourth-order valence-electron chi connectivity index (χ4n) is 2.47. The first kappa shape index (κ1) is 18.8. The average molecular weight is 362 g/mol. The highest BCUT2D eigenvalue weighted by Gasteiger charge is 2.17. The molecule has 0 aliphatic carbocycles. The number of hydrogen-bond acceptors (Lipinski definition) is 4. The van der Waals surface area contributed by atoms with Crippen molar-refractivity contribution in [1.82, 2.24) is 0 Å². The fourth-order valence-corrected chi connectivity index (χ4v) is 3.10. The molecule has 0 unspecified atom stereocenters. The second kappa shape index (κ2) is 8.02. The summed E-state index contributed by atoms with van der Waals surface area (Å²) in [7, 11) is -3.46. The van der Waals surface area contributed by atoms with Gasteiger partial charge in [0.25, 0.3) is 0 Å². The minimum absolute atomic E-state index is 0.0640. The Balaban J connectivity index is 2.37. The van der Waals surface area contributed by atoms with Gasteiger partial charge in [0.2, 0.25) is 10.0 Å². The van der Waals surface area contributed by atoms with E-state index in [9.17, 15) is 18.3 Å². The molecule has 7 heteroatoms. The summed E-state index contributed by atoms with van der Waals surface area (Å²) in [6, 6.07) is 14.3. The molecule has 0 aliphatic heterocycles. The summed E-state index contributed by atoms with van der Waals surface area (Å²) in [6.07, 6.45) is 0. The van der Waals surface area contributed by atoms with Gasteiger partial charge in [0, 0.05) is 18.8 Å². The van der Waals surface area contributed by atoms with Crippen molar-refractivity contribution in [3.8, 4) is 0 Å². The molecule has 6 nitrogen and oxygen atoms in total. The second-order valence-corrected chi connectivity index (χ2v) is 7.55. The smallest absolute Gasteiger partial charge is 0.337 e. The van der Waals surface area contributed by atoms with Crippen LogP contribution in [0.1, 0.15) is 29.8 Å². The number of hydrogen-bond donors (Lipinski definition) is 2. The fraction of sp³-hybridized carbons (Fsp3) is 0.278. The van der Waals surface area contributed by atoms with Gasteiger partial charge in [0.05, 0.1) is 17.0 Å². The molecule has 0 aliphatic rings. The molecule has 0 atom stereocenters. The summed E-state index contributed by atoms with van der Waals surface area (Å²) in [5.41, 5.74) is 1.93. The molecule has 0 fully saturated rings. The molecule has 0 heterocycles. The van der Waals surface area contributed by atoms with E-state index in [4.69, 9.17) is 0 Å². The zero-order chi connectivity index (χ0) is 18.4. The van der Waals surface area contributed by atoms with Crippen molar-refractivity contribution in [2.75, 3.05) is 21.9 Å². The van der Waals surface area contributed by atoms with Gasteiger partial charge in [-0.2, -0.15) is 0 Å². The van der Waals surface area contributed by atoms with Crippen molar-refractivity contribution in [2.24, 2.45) is 0 Å². The van der Waals surface area contributed by atoms with Gasteiger partial charge in [-0.3, -0.25) is 4.72 Å². The molecule has 2 N–H and O–H groups in total. The van der Waals surface area contributed by atoms with E-state index in [2.05, 4.69) is 4.72 Å². The van der Waals surface area contributed by atoms with Crippen LogP contribution in [0.3, 0.4) is 0 Å². The van der Waals surface area contributed by atoms with E-state index in [-0.39, 0.29) is 17.0 Å². The highest BCUT2D eigenvalue weighted by atomic mass is 32.2. The summed E-state index contributed by atoms with van der Waals surface area (Å²) in [5, 5.41) is 9.55. The highest BCUT2D eigenvalue weighted by Crippen LogP contribution is 2.26. The van der Waals surface area contributed by atoms with E-state index < -0.39 is 16.0 Å². The largest absolute Gasteiger partial charge is 0.478 e. The number of nitrogens with one attached hydrogen (secondary N) is 1. The Morgan fingerprint density at radius 2 is 1.80 bits per heavy atom. The third kappa shape index (κ3) is 4.96. The van der Waals surface area contributed by atoms with Crippen LogP contribution in [-0.2, 0) is 16.6 Å². The van der Waals surface area contributed by atoms with Crippen LogP contribution in [0.5, 0.6) is 0 Å². The summed E-state index contributed by atoms with van der Waals surface area (Å²) in [6.45, 7) is 4.66. The average Bonchev–Trinajstić information content (AvgIpc) is 2.60. The third-order valence-corrected chi connectivity index (χ3v) is 5.13. The normalized spacial score (nSPS) is 11.1. The first-order valence-corrected chi connectivity index (χ1v) is 9.68. The van der Waals surface area contributed by atoms with Crippen LogP contribution in [0.15, 0.2) is 48.5 Å². The van der Waals surface area contributed by atoms with Crippen molar-refractivity contribution in [3.05, 3.63) is 59.7 Å². The second-order valence-electron chi connectivity index (χ2n) is 5.54. The quantitative estimate of drug-likeness (QED) is 0.753. The van der Waals surface area contributed by atoms with Crippen molar-refractivity contribution < 1.29 is 18.3 Å². The highest BCUT2D eigenvalue weighted by molar-refractivity contribution is 7.92. The number of rotatable bonds is 8. The summed E-state index contributed by atoms with van der Waals surface area (Å²) >= 11 is 0. The Morgan fingerprint density at radius 1 is 1.12 bits per heavy atom. The van der Waals surface area contributed by atoms with Crippen LogP contribution in [-0.4, -0.2) is 31.8 Å². The molecule has 134 valence electrons. The van der Waals surface area contributed by atoms with Crippen LogP contribution in [0.2, 0.25) is 0 Å². The summed E-state index contributed by atoms with van der Waals surface area (Å²) in [5.74, 6) is -1.18. The van der Waals surface area contributed by atoms with E-state index in [1.54, 1.807) is 12.1 Å². The minimum Gasteiger partial charge on any atom is -0.478 e. The predicted octanol–water partition coefficient (Wildman–Crippen LogP) is 3.17. The number of anilines is 2. The number of carboxylic acid groups (broad SMARTS) is 1. The van der Waals surface area contributed by atoms with Crippen LogP contribution < -0.4 is 9.62 Å². The Kier molecular flexibility index (Phi) is 6.03. The third-order valence-electron chi connectivity index (χ3n) is 3.82. The lowest BCUT2D eigenvalue weighted by Crippen LogP contribution is -2.24. The van der Waals surface area contributed by atoms with Gasteiger partial charge in [0.15, 0.2) is 0 Å². The molecule has 0 bridgehead atoms. The van der Waals surface area contributed by atoms with Crippen molar-refractivity contribution in [1.29, 1.82) is 0 Å². The van der Waals surface area contributed by atoms with Gasteiger partial charge in [-0.1, -0.05) is 30.3 Å². The Morgan fingerprint density at radius 3 is 2.36 bits per heavy atom. The first-order valence-electron chi connectivity index (χ1n) is 8.03. The van der Waals surface area contributed by atoms with Gasteiger partial charge in [0.1, 0.15) is 0 Å². The molecule has 0 spiro atoms. The predicted molar refractivity (Wildman–Crippen MR) is 99.7 cm³/mol. The van der Waals surface area contributed by atoms with E-state index in [0.29, 0.717) is 18.8 Å². The molecule has 0 amide bonds. The lowest BCUT2D eigenvalue weighted by atomic mass is 10.1. The Bertz CT molecular complexity index is 835. The van der Waals surface area contributed by atoms with Crippen molar-refractivity contribution in [2.45, 2.75) is 20.4 Å². The maximum atomic E-state index is 11.7. The first-order chi connectivity index (χ1) is 11.9. The standard InChI is InChI=1S/C18H22N2O4S/c1-3-20(13-14-8-6-5-7-9-14)17-11-10-15(12-16(17)18(21)22)19-25(23,24)4-2/h5-12,19H,3-4,13H2,1-2H3,(H,21,22). The van der Waals surface area contributed by atoms with Crippen molar-refractivity contribution >= 4 is 27.4 Å². The van der Waals surface area contributed by atoms with Gasteiger partial charge >= 0.3 is 5.97 Å². The van der Waals surface area contributed by atoms with Crippen molar-refractivity contribution in [3.63, 3.8) is 0 Å². The Labute approximate surface area is 148 Å². The SMILES string of the molecule is CCN(Cc1ccccc1)c1ccc(NS(=O)(=O)CC)cc1C(=O)O.